The molecule has 1 aromatic carbocycles. The molecule has 4 rings (SSSR count). The number of aromatic nitrogens is 1. The van der Waals surface area contributed by atoms with Crippen molar-refractivity contribution in [3.05, 3.63) is 40.1 Å². The van der Waals surface area contributed by atoms with Crippen molar-refractivity contribution in [1.29, 1.82) is 0 Å². The molecule has 2 aliphatic heterocycles. The van der Waals surface area contributed by atoms with Crippen LogP contribution in [0.3, 0.4) is 0 Å². The lowest BCUT2D eigenvalue weighted by Gasteiger charge is -2.26. The Labute approximate surface area is 143 Å². The molecule has 0 unspecified atom stereocenters. The number of hydrogen-bond donors (Lipinski definition) is 0. The van der Waals surface area contributed by atoms with Crippen LogP contribution in [-0.4, -0.2) is 48.1 Å². The number of halogens is 1. The molecule has 0 N–H and O–H groups in total. The van der Waals surface area contributed by atoms with E-state index in [4.69, 9.17) is 11.6 Å². The Bertz CT molecular complexity index is 765. The number of fused-ring (bicyclic) bond motifs is 3. The van der Waals surface area contributed by atoms with E-state index >= 15 is 0 Å². The number of hydrogen-bond acceptors (Lipinski definition) is 2. The maximum absolute atomic E-state index is 6.27. The molecule has 23 heavy (non-hydrogen) atoms. The molecular weight excluding hydrogens is 306 g/mol. The number of likely N-dealkylation sites (N-methyl/N-ethyl adjacent to an activating group) is 1. The van der Waals surface area contributed by atoms with Crippen LogP contribution < -0.4 is 0 Å². The monoisotopic (exact) mass is 329 g/mol. The summed E-state index contributed by atoms with van der Waals surface area (Å²) in [6.45, 7) is 4.48. The summed E-state index contributed by atoms with van der Waals surface area (Å²) in [6, 6.07) is 6.34. The maximum Gasteiger partial charge on any atom is 0.0529 e. The summed E-state index contributed by atoms with van der Waals surface area (Å²) in [4.78, 5) is 4.81. The first-order chi connectivity index (χ1) is 11.1. The van der Waals surface area contributed by atoms with Crippen molar-refractivity contribution in [3.63, 3.8) is 0 Å². The van der Waals surface area contributed by atoms with Gasteiger partial charge in [0.15, 0.2) is 0 Å². The van der Waals surface area contributed by atoms with Gasteiger partial charge in [0.25, 0.3) is 0 Å². The summed E-state index contributed by atoms with van der Waals surface area (Å²) >= 11 is 6.27. The van der Waals surface area contributed by atoms with Gasteiger partial charge in [0.05, 0.1) is 5.52 Å². The second-order valence-corrected chi connectivity index (χ2v) is 7.47. The van der Waals surface area contributed by atoms with Gasteiger partial charge >= 0.3 is 0 Å². The molecule has 3 heterocycles. The van der Waals surface area contributed by atoms with Crippen LogP contribution in [-0.2, 0) is 13.0 Å². The molecule has 0 spiro atoms. The van der Waals surface area contributed by atoms with Crippen molar-refractivity contribution in [2.24, 2.45) is 0 Å². The molecule has 0 saturated carbocycles. The van der Waals surface area contributed by atoms with Crippen LogP contribution in [0.15, 0.2) is 23.8 Å². The van der Waals surface area contributed by atoms with E-state index in [2.05, 4.69) is 46.8 Å². The fourth-order valence-electron chi connectivity index (χ4n) is 3.86. The van der Waals surface area contributed by atoms with Crippen LogP contribution in [0.5, 0.6) is 0 Å². The molecule has 1 fully saturated rings. The summed E-state index contributed by atoms with van der Waals surface area (Å²) in [5.41, 5.74) is 5.81. The lowest BCUT2D eigenvalue weighted by atomic mass is 10.0. The van der Waals surface area contributed by atoms with E-state index in [1.807, 2.05) is 6.07 Å². The SMILES string of the molecule is CN1CCC(=Cn2c3c(c4cc(Cl)ccc42)CN(C)CC3)CC1. The number of nitrogens with zero attached hydrogens (tertiary/aromatic N) is 3. The minimum Gasteiger partial charge on any atom is -0.320 e. The van der Waals surface area contributed by atoms with Crippen LogP contribution in [0.25, 0.3) is 17.1 Å². The van der Waals surface area contributed by atoms with E-state index in [1.54, 1.807) is 5.57 Å². The van der Waals surface area contributed by atoms with Crippen LogP contribution >= 0.6 is 11.6 Å². The molecule has 1 saturated heterocycles. The van der Waals surface area contributed by atoms with Gasteiger partial charge in [-0.2, -0.15) is 0 Å². The summed E-state index contributed by atoms with van der Waals surface area (Å²) in [6.07, 6.45) is 5.88. The molecule has 0 bridgehead atoms. The summed E-state index contributed by atoms with van der Waals surface area (Å²) in [5.74, 6) is 0. The van der Waals surface area contributed by atoms with Gasteiger partial charge in [-0.25, -0.2) is 0 Å². The quantitative estimate of drug-likeness (QED) is 0.787. The second-order valence-electron chi connectivity index (χ2n) is 7.04. The summed E-state index contributed by atoms with van der Waals surface area (Å²) in [7, 11) is 4.41. The number of rotatable bonds is 1. The van der Waals surface area contributed by atoms with Gasteiger partial charge < -0.3 is 14.4 Å². The Hall–Kier alpha value is -1.29. The Morgan fingerprint density at radius 2 is 1.74 bits per heavy atom. The smallest absolute Gasteiger partial charge is 0.0529 e. The largest absolute Gasteiger partial charge is 0.320 e. The second kappa shape index (κ2) is 5.97. The number of likely N-dealkylation sites (tertiary alicyclic amines) is 1. The van der Waals surface area contributed by atoms with Crippen LogP contribution in [0.4, 0.5) is 0 Å². The van der Waals surface area contributed by atoms with Crippen LogP contribution in [0.2, 0.25) is 5.02 Å². The van der Waals surface area contributed by atoms with E-state index in [0.717, 1.165) is 24.5 Å². The zero-order valence-electron chi connectivity index (χ0n) is 14.0. The molecule has 0 radical (unpaired) electrons. The Kier molecular flexibility index (Phi) is 3.96. The van der Waals surface area contributed by atoms with Crippen LogP contribution in [0.1, 0.15) is 24.1 Å². The van der Waals surface area contributed by atoms with E-state index in [9.17, 15) is 0 Å². The van der Waals surface area contributed by atoms with Gasteiger partial charge in [-0.15, -0.1) is 0 Å². The lowest BCUT2D eigenvalue weighted by Crippen LogP contribution is -2.27. The molecule has 2 aliphatic rings. The highest BCUT2D eigenvalue weighted by Gasteiger charge is 2.22. The average molecular weight is 330 g/mol. The van der Waals surface area contributed by atoms with Gasteiger partial charge in [-0.3, -0.25) is 0 Å². The highest BCUT2D eigenvalue weighted by Crippen LogP contribution is 2.33. The Morgan fingerprint density at radius 3 is 2.52 bits per heavy atom. The van der Waals surface area contributed by atoms with E-state index in [0.29, 0.717) is 0 Å². The highest BCUT2D eigenvalue weighted by atomic mass is 35.5. The normalized spacial score (nSPS) is 20.0. The minimum absolute atomic E-state index is 0.831. The lowest BCUT2D eigenvalue weighted by molar-refractivity contribution is 0.310. The van der Waals surface area contributed by atoms with Crippen LogP contribution in [0, 0.1) is 0 Å². The van der Waals surface area contributed by atoms with Crippen molar-refractivity contribution >= 4 is 28.7 Å². The first-order valence-electron chi connectivity index (χ1n) is 8.49. The van der Waals surface area contributed by atoms with Gasteiger partial charge in [0.1, 0.15) is 0 Å². The van der Waals surface area contributed by atoms with Crippen molar-refractivity contribution < 1.29 is 0 Å². The molecule has 1 aromatic heterocycles. The third-order valence-corrected chi connectivity index (χ3v) is 5.52. The molecule has 4 heteroatoms. The first-order valence-corrected chi connectivity index (χ1v) is 8.87. The fourth-order valence-corrected chi connectivity index (χ4v) is 4.04. The molecule has 122 valence electrons. The number of piperidine rings is 1. The Morgan fingerprint density at radius 1 is 1.00 bits per heavy atom. The molecule has 2 aromatic rings. The molecule has 0 atom stereocenters. The average Bonchev–Trinajstić information content (AvgIpc) is 2.82. The van der Waals surface area contributed by atoms with Gasteiger partial charge in [-0.1, -0.05) is 17.2 Å². The van der Waals surface area contributed by atoms with Gasteiger partial charge in [-0.05, 0) is 50.7 Å². The maximum atomic E-state index is 6.27. The first kappa shape index (κ1) is 15.3. The van der Waals surface area contributed by atoms with Gasteiger partial charge in [0.2, 0.25) is 0 Å². The topological polar surface area (TPSA) is 11.4 Å². The Balaban J connectivity index is 1.84. The van der Waals surface area contributed by atoms with E-state index in [-0.39, 0.29) is 0 Å². The van der Waals surface area contributed by atoms with Crippen molar-refractivity contribution in [1.82, 2.24) is 14.4 Å². The molecule has 0 amide bonds. The molecule has 0 aliphatic carbocycles. The predicted molar refractivity (Wildman–Crippen MR) is 98.0 cm³/mol. The molecular formula is C19H24ClN3. The highest BCUT2D eigenvalue weighted by molar-refractivity contribution is 6.31. The zero-order chi connectivity index (χ0) is 16.0. The standard InChI is InChI=1S/C19H24ClN3/c1-21-8-5-14(6-9-21)12-23-18-4-3-15(20)11-16(18)17-13-22(2)10-7-19(17)23/h3-4,11-12H,5-10,13H2,1-2H3. The third-order valence-electron chi connectivity index (χ3n) is 5.28. The summed E-state index contributed by atoms with van der Waals surface area (Å²) in [5, 5.41) is 2.15. The number of benzene rings is 1. The van der Waals surface area contributed by atoms with Gasteiger partial charge in [0, 0.05) is 54.9 Å². The zero-order valence-corrected chi connectivity index (χ0v) is 14.7. The predicted octanol–water partition coefficient (Wildman–Crippen LogP) is 3.85. The van der Waals surface area contributed by atoms with Crippen molar-refractivity contribution in [2.75, 3.05) is 33.7 Å². The van der Waals surface area contributed by atoms with E-state index < -0.39 is 0 Å². The van der Waals surface area contributed by atoms with E-state index in [1.165, 1.54) is 48.1 Å². The van der Waals surface area contributed by atoms with Crippen molar-refractivity contribution in [2.45, 2.75) is 25.8 Å². The summed E-state index contributed by atoms with van der Waals surface area (Å²) < 4.78 is 2.45. The fraction of sp³-hybridized carbons (Fsp3) is 0.474. The molecule has 3 nitrogen and oxygen atoms in total. The third kappa shape index (κ3) is 2.82. The minimum atomic E-state index is 0.831. The van der Waals surface area contributed by atoms with Crippen molar-refractivity contribution in [3.8, 4) is 0 Å².